The van der Waals surface area contributed by atoms with E-state index in [2.05, 4.69) is 92.4 Å². The van der Waals surface area contributed by atoms with Crippen molar-refractivity contribution in [1.82, 2.24) is 0 Å². The molecule has 0 saturated heterocycles. The molecular weight excluding hydrogens is 457 g/mol. The summed E-state index contributed by atoms with van der Waals surface area (Å²) in [5, 5.41) is 2.68. The molecule has 6 rings (SSSR count). The van der Waals surface area contributed by atoms with Gasteiger partial charge in [0, 0.05) is 23.3 Å². The Bertz CT molecular complexity index is 1460. The maximum absolute atomic E-state index is 15.7. The van der Waals surface area contributed by atoms with Gasteiger partial charge in [-0.25, -0.2) is 8.96 Å². The summed E-state index contributed by atoms with van der Waals surface area (Å²) in [6, 6.07) is 23.5. The summed E-state index contributed by atoms with van der Waals surface area (Å²) >= 11 is 0. The number of benzene rings is 3. The molecule has 3 heteroatoms. The molecule has 2 aliphatic rings. The van der Waals surface area contributed by atoms with Gasteiger partial charge in [-0.2, -0.15) is 0 Å². The van der Waals surface area contributed by atoms with Crippen LogP contribution in [0.1, 0.15) is 49.1 Å². The van der Waals surface area contributed by atoms with Crippen molar-refractivity contribution in [2.75, 3.05) is 0 Å². The van der Waals surface area contributed by atoms with Crippen molar-refractivity contribution in [1.29, 1.82) is 0 Å². The molecule has 0 amide bonds. The van der Waals surface area contributed by atoms with Gasteiger partial charge in [-0.05, 0) is 76.0 Å². The Kier molecular flexibility index (Phi) is 5.72. The van der Waals surface area contributed by atoms with Gasteiger partial charge in [0.05, 0.1) is 0 Å². The summed E-state index contributed by atoms with van der Waals surface area (Å²) in [5.74, 6) is 0.558. The van der Waals surface area contributed by atoms with Crippen LogP contribution in [0.3, 0.4) is 0 Å². The lowest BCUT2D eigenvalue weighted by Crippen LogP contribution is -2.52. The molecule has 0 bridgehead atoms. The van der Waals surface area contributed by atoms with Gasteiger partial charge in [-0.15, -0.1) is 0 Å². The van der Waals surface area contributed by atoms with E-state index >= 15 is 4.39 Å². The number of fused-ring (bicyclic) bond motifs is 3. The van der Waals surface area contributed by atoms with Crippen molar-refractivity contribution < 1.29 is 8.96 Å². The van der Waals surface area contributed by atoms with Crippen LogP contribution in [-0.2, 0) is 7.05 Å². The average molecular weight is 493 g/mol. The molecule has 0 spiro atoms. The van der Waals surface area contributed by atoms with Gasteiger partial charge in [0.1, 0.15) is 20.9 Å². The van der Waals surface area contributed by atoms with E-state index in [0.717, 1.165) is 11.1 Å². The molecule has 1 saturated carbocycles. The van der Waals surface area contributed by atoms with Crippen LogP contribution in [-0.4, -0.2) is 8.07 Å². The molecule has 1 aliphatic carbocycles. The van der Waals surface area contributed by atoms with Gasteiger partial charge in [0.25, 0.3) is 0 Å². The molecule has 2 heterocycles. The molecular formula is C33H35FNSi+. The third-order valence-corrected chi connectivity index (χ3v) is 12.2. The second-order valence-electron chi connectivity index (χ2n) is 11.3. The average Bonchev–Trinajstić information content (AvgIpc) is 3.12. The summed E-state index contributed by atoms with van der Waals surface area (Å²) < 4.78 is 17.9. The van der Waals surface area contributed by atoms with Crippen LogP contribution in [0.5, 0.6) is 0 Å². The molecule has 1 nitrogen and oxygen atoms in total. The molecule has 1 aliphatic heterocycles. The van der Waals surface area contributed by atoms with Crippen molar-refractivity contribution >= 4 is 18.4 Å². The summed E-state index contributed by atoms with van der Waals surface area (Å²) in [6.45, 7) is 7.02. The quantitative estimate of drug-likeness (QED) is 0.211. The number of hydrogen-bond acceptors (Lipinski definition) is 0. The Labute approximate surface area is 215 Å². The van der Waals surface area contributed by atoms with Crippen molar-refractivity contribution in [3.05, 3.63) is 89.9 Å². The second-order valence-corrected chi connectivity index (χ2v) is 15.6. The molecule has 0 atom stereocenters. The standard InChI is InChI=1S/C33H35FNSi/c1-22-13-18-26-27-19-20-28(34)31(25-16-14-24(15-17-25)23-10-6-5-7-11-23)33(27)36(3,4)32(26)30(22)29-12-8-9-21-35(29)2/h8-9,12-21,23H,5-7,10-11H2,1-4H3/q+1. The van der Waals surface area contributed by atoms with Gasteiger partial charge in [-0.3, -0.25) is 0 Å². The van der Waals surface area contributed by atoms with Crippen molar-refractivity contribution in [2.45, 2.75) is 58.0 Å². The first-order valence-corrected chi connectivity index (χ1v) is 16.4. The predicted octanol–water partition coefficient (Wildman–Crippen LogP) is 7.14. The summed E-state index contributed by atoms with van der Waals surface area (Å²) in [6.07, 6.45) is 8.69. The van der Waals surface area contributed by atoms with Gasteiger partial charge in [0.2, 0.25) is 5.69 Å². The monoisotopic (exact) mass is 492 g/mol. The first-order valence-electron chi connectivity index (χ1n) is 13.4. The van der Waals surface area contributed by atoms with Crippen LogP contribution >= 0.6 is 0 Å². The van der Waals surface area contributed by atoms with Crippen LogP contribution in [0.25, 0.3) is 33.5 Å². The van der Waals surface area contributed by atoms with Crippen molar-refractivity contribution in [3.63, 3.8) is 0 Å². The summed E-state index contributed by atoms with van der Waals surface area (Å²) in [4.78, 5) is 0. The molecule has 1 aromatic heterocycles. The zero-order valence-electron chi connectivity index (χ0n) is 21.9. The van der Waals surface area contributed by atoms with E-state index in [1.165, 1.54) is 76.0 Å². The Hall–Kier alpha value is -3.04. The number of nitrogens with zero attached hydrogens (tertiary/aromatic N) is 1. The van der Waals surface area contributed by atoms with Gasteiger partial charge < -0.3 is 0 Å². The van der Waals surface area contributed by atoms with Gasteiger partial charge in [-0.1, -0.05) is 74.8 Å². The highest BCUT2D eigenvalue weighted by molar-refractivity contribution is 7.05. The van der Waals surface area contributed by atoms with E-state index in [-0.39, 0.29) is 5.82 Å². The Morgan fingerprint density at radius 2 is 1.44 bits per heavy atom. The lowest BCUT2D eigenvalue weighted by atomic mass is 9.83. The lowest BCUT2D eigenvalue weighted by Gasteiger charge is -2.25. The highest BCUT2D eigenvalue weighted by Crippen LogP contribution is 2.39. The fraction of sp³-hybridized carbons (Fsp3) is 0.303. The SMILES string of the molecule is Cc1ccc2c(c1-c1cccc[n+]1C)[Si](C)(C)c1c-2ccc(F)c1-c1ccc(C2CCCCC2)cc1. The topological polar surface area (TPSA) is 3.88 Å². The van der Waals surface area contributed by atoms with Crippen LogP contribution in [0.4, 0.5) is 4.39 Å². The molecule has 0 radical (unpaired) electrons. The maximum atomic E-state index is 15.7. The van der Waals surface area contributed by atoms with Crippen LogP contribution in [0, 0.1) is 12.7 Å². The summed E-state index contributed by atoms with van der Waals surface area (Å²) in [7, 11) is -0.106. The van der Waals surface area contributed by atoms with Gasteiger partial charge >= 0.3 is 0 Å². The molecule has 3 aromatic carbocycles. The second kappa shape index (κ2) is 8.81. The van der Waals surface area contributed by atoms with Crippen LogP contribution in [0.2, 0.25) is 13.1 Å². The third-order valence-electron chi connectivity index (χ3n) is 8.70. The van der Waals surface area contributed by atoms with E-state index in [4.69, 9.17) is 0 Å². The van der Waals surface area contributed by atoms with Crippen LogP contribution < -0.4 is 14.9 Å². The fourth-order valence-corrected chi connectivity index (χ4v) is 10.8. The molecule has 36 heavy (non-hydrogen) atoms. The Morgan fingerprint density at radius 3 is 2.14 bits per heavy atom. The number of aromatic nitrogens is 1. The number of rotatable bonds is 3. The molecule has 0 N–H and O–H groups in total. The third kappa shape index (κ3) is 3.59. The minimum absolute atomic E-state index is 0.101. The van der Waals surface area contributed by atoms with E-state index in [1.807, 2.05) is 6.07 Å². The smallest absolute Gasteiger partial charge is 0.206 e. The maximum Gasteiger partial charge on any atom is 0.212 e. The zero-order chi connectivity index (χ0) is 25.0. The van der Waals surface area contributed by atoms with E-state index in [9.17, 15) is 0 Å². The first-order chi connectivity index (χ1) is 17.4. The Balaban J connectivity index is 1.53. The highest BCUT2D eigenvalue weighted by atomic mass is 28.3. The molecule has 1 fully saturated rings. The van der Waals surface area contributed by atoms with Crippen LogP contribution in [0.15, 0.2) is 72.9 Å². The number of pyridine rings is 1. The molecule has 4 aromatic rings. The largest absolute Gasteiger partial charge is 0.212 e. The highest BCUT2D eigenvalue weighted by Gasteiger charge is 2.43. The van der Waals surface area contributed by atoms with E-state index in [1.54, 1.807) is 6.07 Å². The lowest BCUT2D eigenvalue weighted by molar-refractivity contribution is -0.660. The Morgan fingerprint density at radius 1 is 0.778 bits per heavy atom. The zero-order valence-corrected chi connectivity index (χ0v) is 22.9. The summed E-state index contributed by atoms with van der Waals surface area (Å²) in [5.41, 5.74) is 9.57. The normalized spacial score (nSPS) is 16.6. The van der Waals surface area contributed by atoms with E-state index in [0.29, 0.717) is 5.92 Å². The van der Waals surface area contributed by atoms with Crippen molar-refractivity contribution in [3.8, 4) is 33.5 Å². The van der Waals surface area contributed by atoms with Crippen molar-refractivity contribution in [2.24, 2.45) is 7.05 Å². The number of aryl methyl sites for hydroxylation is 2. The molecule has 0 unspecified atom stereocenters. The number of hydrogen-bond donors (Lipinski definition) is 0. The van der Waals surface area contributed by atoms with E-state index < -0.39 is 8.07 Å². The minimum Gasteiger partial charge on any atom is -0.206 e. The number of halogens is 1. The minimum atomic E-state index is -2.22. The predicted molar refractivity (Wildman–Crippen MR) is 151 cm³/mol. The molecule has 182 valence electrons. The first kappa shape index (κ1) is 23.4. The fourth-order valence-electron chi connectivity index (χ4n) is 6.91. The van der Waals surface area contributed by atoms with Gasteiger partial charge in [0.15, 0.2) is 6.20 Å².